The summed E-state index contributed by atoms with van der Waals surface area (Å²) < 4.78 is 0. The molecule has 1 aliphatic heterocycles. The Balaban J connectivity index is 1.63. The maximum Gasteiger partial charge on any atom is 0.266 e. The third-order valence-electron chi connectivity index (χ3n) is 4.52. The number of thiophene rings is 1. The fraction of sp³-hybridized carbons (Fsp3) is 0.263. The SMILES string of the molecule is Cc1nc(-c2ccsc2)sc1C(=O)N1CCN(C)c2ccccc2C1. The highest BCUT2D eigenvalue weighted by Gasteiger charge is 2.25. The molecular formula is C19H19N3OS2. The number of anilines is 1. The molecule has 0 saturated carbocycles. The van der Waals surface area contributed by atoms with Gasteiger partial charge in [-0.2, -0.15) is 11.3 Å². The zero-order valence-corrected chi connectivity index (χ0v) is 15.9. The van der Waals surface area contributed by atoms with Gasteiger partial charge in [-0.05, 0) is 30.0 Å². The van der Waals surface area contributed by atoms with Crippen molar-refractivity contribution in [1.29, 1.82) is 0 Å². The highest BCUT2D eigenvalue weighted by molar-refractivity contribution is 7.17. The maximum absolute atomic E-state index is 13.2. The van der Waals surface area contributed by atoms with Crippen LogP contribution in [0.5, 0.6) is 0 Å². The van der Waals surface area contributed by atoms with Crippen LogP contribution in [0.1, 0.15) is 20.9 Å². The van der Waals surface area contributed by atoms with Gasteiger partial charge in [-0.1, -0.05) is 18.2 Å². The molecule has 0 bridgehead atoms. The molecule has 3 heterocycles. The molecule has 128 valence electrons. The summed E-state index contributed by atoms with van der Waals surface area (Å²) in [5, 5.41) is 5.04. The van der Waals surface area contributed by atoms with E-state index in [4.69, 9.17) is 0 Å². The first-order chi connectivity index (χ1) is 12.1. The molecule has 1 aliphatic rings. The van der Waals surface area contributed by atoms with Crippen LogP contribution in [0.25, 0.3) is 10.6 Å². The standard InChI is InChI=1S/C19H19N3OS2/c1-13-17(25-18(20-13)15-7-10-24-12-15)19(23)22-9-8-21(2)16-6-4-3-5-14(16)11-22/h3-7,10,12H,8-9,11H2,1-2H3. The lowest BCUT2D eigenvalue weighted by Crippen LogP contribution is -2.34. The van der Waals surface area contributed by atoms with Gasteiger partial charge < -0.3 is 9.80 Å². The molecule has 0 radical (unpaired) electrons. The van der Waals surface area contributed by atoms with Crippen LogP contribution in [-0.2, 0) is 6.54 Å². The molecule has 0 fully saturated rings. The zero-order valence-electron chi connectivity index (χ0n) is 14.2. The average molecular weight is 370 g/mol. The van der Waals surface area contributed by atoms with Crippen LogP contribution in [0.15, 0.2) is 41.1 Å². The second-order valence-corrected chi connectivity index (χ2v) is 8.00. The lowest BCUT2D eigenvalue weighted by Gasteiger charge is -2.20. The van der Waals surface area contributed by atoms with Gasteiger partial charge >= 0.3 is 0 Å². The van der Waals surface area contributed by atoms with Crippen LogP contribution < -0.4 is 4.90 Å². The topological polar surface area (TPSA) is 36.4 Å². The molecule has 0 unspecified atom stereocenters. The van der Waals surface area contributed by atoms with Gasteiger partial charge in [-0.25, -0.2) is 4.98 Å². The van der Waals surface area contributed by atoms with Gasteiger partial charge in [0, 0.05) is 43.3 Å². The molecule has 0 atom stereocenters. The Kier molecular flexibility index (Phi) is 4.31. The predicted molar refractivity (Wildman–Crippen MR) is 105 cm³/mol. The van der Waals surface area contributed by atoms with Crippen molar-refractivity contribution in [3.8, 4) is 10.6 Å². The summed E-state index contributed by atoms with van der Waals surface area (Å²) in [4.78, 5) is 22.7. The molecule has 1 amide bonds. The van der Waals surface area contributed by atoms with Crippen LogP contribution in [0.4, 0.5) is 5.69 Å². The van der Waals surface area contributed by atoms with E-state index >= 15 is 0 Å². The number of benzene rings is 1. The molecule has 4 nitrogen and oxygen atoms in total. The van der Waals surface area contributed by atoms with Crippen molar-refractivity contribution in [1.82, 2.24) is 9.88 Å². The Morgan fingerprint density at radius 2 is 2.04 bits per heavy atom. The van der Waals surface area contributed by atoms with Crippen molar-refractivity contribution in [2.24, 2.45) is 0 Å². The summed E-state index contributed by atoms with van der Waals surface area (Å²) in [6.45, 7) is 4.12. The Hall–Kier alpha value is -2.18. The van der Waals surface area contributed by atoms with E-state index in [-0.39, 0.29) is 5.91 Å². The smallest absolute Gasteiger partial charge is 0.266 e. The van der Waals surface area contributed by atoms with Gasteiger partial charge in [0.25, 0.3) is 5.91 Å². The number of para-hydroxylation sites is 1. The summed E-state index contributed by atoms with van der Waals surface area (Å²) >= 11 is 3.15. The summed E-state index contributed by atoms with van der Waals surface area (Å²) in [6, 6.07) is 10.4. The first kappa shape index (κ1) is 16.3. The van der Waals surface area contributed by atoms with Crippen molar-refractivity contribution < 1.29 is 4.79 Å². The number of amides is 1. The van der Waals surface area contributed by atoms with Crippen molar-refractivity contribution in [3.05, 3.63) is 57.2 Å². The van der Waals surface area contributed by atoms with Crippen molar-refractivity contribution in [2.45, 2.75) is 13.5 Å². The quantitative estimate of drug-likeness (QED) is 0.677. The van der Waals surface area contributed by atoms with E-state index in [9.17, 15) is 4.79 Å². The van der Waals surface area contributed by atoms with E-state index in [1.165, 1.54) is 22.6 Å². The Morgan fingerprint density at radius 3 is 2.84 bits per heavy atom. The minimum atomic E-state index is 0.0848. The minimum Gasteiger partial charge on any atom is -0.373 e. The summed E-state index contributed by atoms with van der Waals surface area (Å²) in [6.07, 6.45) is 0. The number of aryl methyl sites for hydroxylation is 1. The fourth-order valence-electron chi connectivity index (χ4n) is 3.11. The van der Waals surface area contributed by atoms with Crippen LogP contribution in [0, 0.1) is 6.92 Å². The van der Waals surface area contributed by atoms with Gasteiger partial charge in [0.1, 0.15) is 9.88 Å². The van der Waals surface area contributed by atoms with E-state index in [0.717, 1.165) is 34.2 Å². The summed E-state index contributed by atoms with van der Waals surface area (Å²) in [5.41, 5.74) is 4.31. The van der Waals surface area contributed by atoms with E-state index in [2.05, 4.69) is 34.4 Å². The fourth-order valence-corrected chi connectivity index (χ4v) is 4.86. The van der Waals surface area contributed by atoms with Crippen molar-refractivity contribution in [2.75, 3.05) is 25.0 Å². The van der Waals surface area contributed by atoms with E-state index in [1.807, 2.05) is 35.4 Å². The van der Waals surface area contributed by atoms with Gasteiger partial charge in [-0.15, -0.1) is 11.3 Å². The first-order valence-electron chi connectivity index (χ1n) is 8.22. The summed E-state index contributed by atoms with van der Waals surface area (Å²) in [5.74, 6) is 0.0848. The summed E-state index contributed by atoms with van der Waals surface area (Å²) in [7, 11) is 2.08. The molecule has 4 rings (SSSR count). The van der Waals surface area contributed by atoms with Crippen molar-refractivity contribution >= 4 is 34.3 Å². The van der Waals surface area contributed by atoms with Gasteiger partial charge in [-0.3, -0.25) is 4.79 Å². The van der Waals surface area contributed by atoms with Crippen LogP contribution in [-0.4, -0.2) is 35.9 Å². The Labute approximate surface area is 155 Å². The normalized spacial score (nSPS) is 14.3. The van der Waals surface area contributed by atoms with Crippen molar-refractivity contribution in [3.63, 3.8) is 0 Å². The molecule has 3 aromatic rings. The third kappa shape index (κ3) is 3.07. The molecule has 0 spiro atoms. The number of likely N-dealkylation sites (N-methyl/N-ethyl adjacent to an activating group) is 1. The Bertz CT molecular complexity index is 901. The largest absolute Gasteiger partial charge is 0.373 e. The number of rotatable bonds is 2. The number of aromatic nitrogens is 1. The highest BCUT2D eigenvalue weighted by Crippen LogP contribution is 2.31. The number of thiazole rings is 1. The molecule has 2 aromatic heterocycles. The molecule has 6 heteroatoms. The van der Waals surface area contributed by atoms with Crippen LogP contribution in [0.3, 0.4) is 0 Å². The third-order valence-corrected chi connectivity index (χ3v) is 6.39. The molecule has 1 aromatic carbocycles. The minimum absolute atomic E-state index is 0.0848. The molecule has 0 saturated heterocycles. The second kappa shape index (κ2) is 6.61. The van der Waals surface area contributed by atoms with Gasteiger partial charge in [0.15, 0.2) is 0 Å². The van der Waals surface area contributed by atoms with E-state index < -0.39 is 0 Å². The lowest BCUT2D eigenvalue weighted by molar-refractivity contribution is 0.0755. The monoisotopic (exact) mass is 369 g/mol. The predicted octanol–water partition coefficient (Wildman–Crippen LogP) is 4.27. The highest BCUT2D eigenvalue weighted by atomic mass is 32.1. The number of carbonyl (C=O) groups is 1. The molecule has 0 N–H and O–H groups in total. The molecule has 0 aliphatic carbocycles. The number of carbonyl (C=O) groups excluding carboxylic acids is 1. The van der Waals surface area contributed by atoms with E-state index in [1.54, 1.807) is 11.3 Å². The van der Waals surface area contributed by atoms with Crippen LogP contribution >= 0.6 is 22.7 Å². The van der Waals surface area contributed by atoms with E-state index in [0.29, 0.717) is 6.54 Å². The van der Waals surface area contributed by atoms with Crippen LogP contribution in [0.2, 0.25) is 0 Å². The number of nitrogens with zero attached hydrogens (tertiary/aromatic N) is 3. The number of hydrogen-bond acceptors (Lipinski definition) is 5. The average Bonchev–Trinajstić information content (AvgIpc) is 3.24. The van der Waals surface area contributed by atoms with Gasteiger partial charge in [0.05, 0.1) is 5.69 Å². The maximum atomic E-state index is 13.2. The molecule has 25 heavy (non-hydrogen) atoms. The van der Waals surface area contributed by atoms with Gasteiger partial charge in [0.2, 0.25) is 0 Å². The number of fused-ring (bicyclic) bond motifs is 1. The zero-order chi connectivity index (χ0) is 17.4. The lowest BCUT2D eigenvalue weighted by atomic mass is 10.1. The number of hydrogen-bond donors (Lipinski definition) is 0. The second-order valence-electron chi connectivity index (χ2n) is 6.22. The first-order valence-corrected chi connectivity index (χ1v) is 9.97. The molecular weight excluding hydrogens is 350 g/mol. The Morgan fingerprint density at radius 1 is 1.20 bits per heavy atom.